The molecule has 0 saturated carbocycles. The molecule has 1 aliphatic heterocycles. The standard InChI is InChI=1S/C4H7ClS2/c5-1-4-2-6-3-7-4/h4H,1-3H2. The van der Waals surface area contributed by atoms with Crippen LogP contribution >= 0.6 is 35.1 Å². The van der Waals surface area contributed by atoms with E-state index in [1.165, 1.54) is 10.8 Å². The van der Waals surface area contributed by atoms with Crippen LogP contribution in [0.5, 0.6) is 0 Å². The van der Waals surface area contributed by atoms with Gasteiger partial charge in [-0.1, -0.05) is 0 Å². The van der Waals surface area contributed by atoms with Crippen LogP contribution in [0.15, 0.2) is 0 Å². The van der Waals surface area contributed by atoms with E-state index in [2.05, 4.69) is 0 Å². The van der Waals surface area contributed by atoms with Crippen LogP contribution in [0, 0.1) is 0 Å². The van der Waals surface area contributed by atoms with Gasteiger partial charge in [0.2, 0.25) is 0 Å². The van der Waals surface area contributed by atoms with Crippen molar-refractivity contribution in [2.45, 2.75) is 5.25 Å². The van der Waals surface area contributed by atoms with Crippen molar-refractivity contribution in [3.63, 3.8) is 0 Å². The third-order valence-corrected chi connectivity index (χ3v) is 4.28. The van der Waals surface area contributed by atoms with Crippen molar-refractivity contribution in [3.8, 4) is 0 Å². The molecule has 0 aromatic rings. The first-order valence-corrected chi connectivity index (χ1v) is 4.92. The van der Waals surface area contributed by atoms with Crippen LogP contribution in [-0.2, 0) is 0 Å². The molecule has 1 aliphatic rings. The fraction of sp³-hybridized carbons (Fsp3) is 1.00. The second-order valence-electron chi connectivity index (χ2n) is 1.43. The molecule has 0 radical (unpaired) electrons. The highest BCUT2D eigenvalue weighted by atomic mass is 35.5. The van der Waals surface area contributed by atoms with E-state index in [0.29, 0.717) is 0 Å². The van der Waals surface area contributed by atoms with Crippen molar-refractivity contribution < 1.29 is 0 Å². The molecule has 0 amide bonds. The largest absolute Gasteiger partial charge is 0.150 e. The smallest absolute Gasteiger partial charge is 0.0396 e. The van der Waals surface area contributed by atoms with Gasteiger partial charge in [0, 0.05) is 22.0 Å². The second kappa shape index (κ2) is 3.10. The molecule has 1 rings (SSSR count). The number of rotatable bonds is 1. The molecule has 3 heteroatoms. The molecule has 1 unspecified atom stereocenters. The van der Waals surface area contributed by atoms with Crippen LogP contribution in [0.2, 0.25) is 0 Å². The Balaban J connectivity index is 2.14. The van der Waals surface area contributed by atoms with Crippen LogP contribution in [0.4, 0.5) is 0 Å². The van der Waals surface area contributed by atoms with Gasteiger partial charge in [-0.3, -0.25) is 0 Å². The summed E-state index contributed by atoms with van der Waals surface area (Å²) >= 11 is 9.53. The quantitative estimate of drug-likeness (QED) is 0.531. The first-order valence-electron chi connectivity index (χ1n) is 2.19. The summed E-state index contributed by atoms with van der Waals surface area (Å²) in [5.41, 5.74) is 0. The van der Waals surface area contributed by atoms with Crippen molar-refractivity contribution in [2.24, 2.45) is 0 Å². The van der Waals surface area contributed by atoms with Gasteiger partial charge in [-0.15, -0.1) is 35.1 Å². The zero-order valence-electron chi connectivity index (χ0n) is 3.89. The zero-order valence-corrected chi connectivity index (χ0v) is 6.28. The Morgan fingerprint density at radius 3 is 2.86 bits per heavy atom. The normalized spacial score (nSPS) is 31.3. The van der Waals surface area contributed by atoms with Gasteiger partial charge in [0.15, 0.2) is 0 Å². The zero-order chi connectivity index (χ0) is 5.11. The molecule has 1 atom stereocenters. The number of alkyl halides is 1. The minimum Gasteiger partial charge on any atom is -0.150 e. The molecule has 0 aromatic carbocycles. The molecule has 42 valence electrons. The van der Waals surface area contributed by atoms with Gasteiger partial charge in [0.05, 0.1) is 0 Å². The maximum Gasteiger partial charge on any atom is 0.0396 e. The van der Waals surface area contributed by atoms with Crippen molar-refractivity contribution >= 4 is 35.1 Å². The summed E-state index contributed by atoms with van der Waals surface area (Å²) in [5, 5.41) is 1.99. The maximum absolute atomic E-state index is 5.57. The minimum atomic E-state index is 0.742. The number of thioether (sulfide) groups is 2. The lowest BCUT2D eigenvalue weighted by Gasteiger charge is -1.96. The molecule has 0 nitrogen and oxygen atoms in total. The third-order valence-electron chi connectivity index (χ3n) is 0.863. The number of halogens is 1. The molecule has 7 heavy (non-hydrogen) atoms. The highest BCUT2D eigenvalue weighted by molar-refractivity contribution is 8.19. The van der Waals surface area contributed by atoms with E-state index in [0.717, 1.165) is 11.1 Å². The summed E-state index contributed by atoms with van der Waals surface area (Å²) < 4.78 is 0. The third kappa shape index (κ3) is 1.74. The first-order chi connectivity index (χ1) is 3.43. The van der Waals surface area contributed by atoms with Crippen LogP contribution in [0.25, 0.3) is 0 Å². The Morgan fingerprint density at radius 2 is 2.57 bits per heavy atom. The Morgan fingerprint density at radius 1 is 1.71 bits per heavy atom. The molecule has 0 aliphatic carbocycles. The summed E-state index contributed by atoms with van der Waals surface area (Å²) in [7, 11) is 0. The van der Waals surface area contributed by atoms with Crippen LogP contribution in [-0.4, -0.2) is 22.0 Å². The van der Waals surface area contributed by atoms with Gasteiger partial charge in [-0.25, -0.2) is 0 Å². The van der Waals surface area contributed by atoms with Crippen molar-refractivity contribution in [1.29, 1.82) is 0 Å². The Hall–Kier alpha value is 0.990. The maximum atomic E-state index is 5.57. The van der Waals surface area contributed by atoms with Crippen molar-refractivity contribution in [1.82, 2.24) is 0 Å². The molecule has 0 aromatic heterocycles. The second-order valence-corrected chi connectivity index (χ2v) is 4.42. The lowest BCUT2D eigenvalue weighted by Crippen LogP contribution is -2.00. The monoisotopic (exact) mass is 154 g/mol. The summed E-state index contributed by atoms with van der Waals surface area (Å²) in [6.07, 6.45) is 0. The van der Waals surface area contributed by atoms with Crippen LogP contribution in [0.1, 0.15) is 0 Å². The molecule has 0 bridgehead atoms. The number of hydrogen-bond acceptors (Lipinski definition) is 2. The van der Waals surface area contributed by atoms with E-state index in [4.69, 9.17) is 11.6 Å². The topological polar surface area (TPSA) is 0 Å². The lowest BCUT2D eigenvalue weighted by atomic mass is 10.6. The molecular formula is C4H7ClS2. The Bertz CT molecular complexity index is 51.7. The van der Waals surface area contributed by atoms with Crippen LogP contribution in [0.3, 0.4) is 0 Å². The lowest BCUT2D eigenvalue weighted by molar-refractivity contribution is 1.16. The van der Waals surface area contributed by atoms with Crippen LogP contribution < -0.4 is 0 Å². The van der Waals surface area contributed by atoms with E-state index in [9.17, 15) is 0 Å². The summed E-state index contributed by atoms with van der Waals surface area (Å²) in [5.74, 6) is 2.09. The molecule has 1 saturated heterocycles. The van der Waals surface area contributed by atoms with Gasteiger partial charge >= 0.3 is 0 Å². The van der Waals surface area contributed by atoms with E-state index < -0.39 is 0 Å². The average Bonchev–Trinajstić information content (AvgIpc) is 2.14. The van der Waals surface area contributed by atoms with E-state index >= 15 is 0 Å². The van der Waals surface area contributed by atoms with Gasteiger partial charge in [-0.2, -0.15) is 0 Å². The van der Waals surface area contributed by atoms with E-state index in [1.807, 2.05) is 23.5 Å². The molecular weight excluding hydrogens is 148 g/mol. The SMILES string of the molecule is ClCC1CSCS1. The average molecular weight is 155 g/mol. The minimum absolute atomic E-state index is 0.742. The van der Waals surface area contributed by atoms with Gasteiger partial charge in [0.1, 0.15) is 0 Å². The first kappa shape index (κ1) is 6.12. The van der Waals surface area contributed by atoms with Crippen molar-refractivity contribution in [2.75, 3.05) is 16.7 Å². The fourth-order valence-electron chi connectivity index (χ4n) is 0.461. The molecule has 1 fully saturated rings. The highest BCUT2D eigenvalue weighted by Crippen LogP contribution is 2.29. The van der Waals surface area contributed by atoms with Gasteiger partial charge < -0.3 is 0 Å². The van der Waals surface area contributed by atoms with Gasteiger partial charge in [0.25, 0.3) is 0 Å². The molecule has 0 N–H and O–H groups in total. The number of hydrogen-bond donors (Lipinski definition) is 0. The van der Waals surface area contributed by atoms with E-state index in [1.54, 1.807) is 0 Å². The van der Waals surface area contributed by atoms with E-state index in [-0.39, 0.29) is 0 Å². The summed E-state index contributed by atoms with van der Waals surface area (Å²) in [6.45, 7) is 0. The Labute approximate surface area is 57.4 Å². The summed E-state index contributed by atoms with van der Waals surface area (Å²) in [4.78, 5) is 0. The van der Waals surface area contributed by atoms with Gasteiger partial charge in [-0.05, 0) is 0 Å². The predicted octanol–water partition coefficient (Wildman–Crippen LogP) is 2.03. The van der Waals surface area contributed by atoms with Crippen molar-refractivity contribution in [3.05, 3.63) is 0 Å². The fourth-order valence-corrected chi connectivity index (χ4v) is 3.65. The predicted molar refractivity (Wildman–Crippen MR) is 39.4 cm³/mol. The Kier molecular flexibility index (Phi) is 2.71. The molecule has 0 spiro atoms. The molecule has 1 heterocycles. The highest BCUT2D eigenvalue weighted by Gasteiger charge is 2.13. The summed E-state index contributed by atoms with van der Waals surface area (Å²) in [6, 6.07) is 0.